The van der Waals surface area contributed by atoms with Gasteiger partial charge >= 0.3 is 12.1 Å². The lowest BCUT2D eigenvalue weighted by atomic mass is 10.1. The van der Waals surface area contributed by atoms with Crippen LogP contribution in [-0.2, 0) is 14.3 Å². The van der Waals surface area contributed by atoms with Crippen molar-refractivity contribution < 1.29 is 19.1 Å². The highest BCUT2D eigenvalue weighted by Crippen LogP contribution is 2.46. The predicted molar refractivity (Wildman–Crippen MR) is 57.9 cm³/mol. The Labute approximate surface area is 95.5 Å². The monoisotopic (exact) mass is 229 g/mol. The number of methoxy groups -OCH3 is 1. The second-order valence-electron chi connectivity index (χ2n) is 5.13. The standard InChI is InChI=1S/C11H19NO4/c1-10(2,3)16-9(14)12-7-11(5-6-11)8(13)15-4/h5-7H2,1-4H3,(H,12,14). The number of hydrogen-bond donors (Lipinski definition) is 1. The Kier molecular flexibility index (Phi) is 3.45. The highest BCUT2D eigenvalue weighted by molar-refractivity contribution is 5.81. The van der Waals surface area contributed by atoms with Gasteiger partial charge in [-0.05, 0) is 33.6 Å². The maximum atomic E-state index is 11.4. The van der Waals surface area contributed by atoms with Gasteiger partial charge in [0.2, 0.25) is 0 Å². The molecular formula is C11H19NO4. The van der Waals surface area contributed by atoms with E-state index in [1.807, 2.05) is 0 Å². The van der Waals surface area contributed by atoms with Gasteiger partial charge in [-0.25, -0.2) is 4.79 Å². The molecule has 1 amide bonds. The minimum Gasteiger partial charge on any atom is -0.469 e. The second kappa shape index (κ2) is 4.31. The largest absolute Gasteiger partial charge is 0.469 e. The average Bonchev–Trinajstić information content (AvgIpc) is 2.92. The Morgan fingerprint density at radius 1 is 1.31 bits per heavy atom. The van der Waals surface area contributed by atoms with Crippen molar-refractivity contribution >= 4 is 12.1 Å². The highest BCUT2D eigenvalue weighted by Gasteiger charge is 2.51. The Morgan fingerprint density at radius 3 is 2.25 bits per heavy atom. The molecule has 1 fully saturated rings. The van der Waals surface area contributed by atoms with Gasteiger partial charge in [0.05, 0.1) is 12.5 Å². The van der Waals surface area contributed by atoms with Crippen molar-refractivity contribution in [2.24, 2.45) is 5.41 Å². The summed E-state index contributed by atoms with van der Waals surface area (Å²) >= 11 is 0. The molecule has 0 unspecified atom stereocenters. The zero-order valence-corrected chi connectivity index (χ0v) is 10.3. The molecule has 1 rings (SSSR count). The SMILES string of the molecule is COC(=O)C1(CNC(=O)OC(C)(C)C)CC1. The van der Waals surface area contributed by atoms with Crippen molar-refractivity contribution in [1.29, 1.82) is 0 Å². The molecule has 0 atom stereocenters. The van der Waals surface area contributed by atoms with Crippen LogP contribution in [0.3, 0.4) is 0 Å². The molecule has 0 aromatic carbocycles. The number of carbonyl (C=O) groups excluding carboxylic acids is 2. The fraction of sp³-hybridized carbons (Fsp3) is 0.818. The molecule has 16 heavy (non-hydrogen) atoms. The van der Waals surface area contributed by atoms with Gasteiger partial charge in [-0.2, -0.15) is 0 Å². The maximum absolute atomic E-state index is 11.4. The number of rotatable bonds is 3. The van der Waals surface area contributed by atoms with Crippen LogP contribution in [0.4, 0.5) is 4.79 Å². The number of alkyl carbamates (subject to hydrolysis) is 1. The Bertz CT molecular complexity index is 289. The van der Waals surface area contributed by atoms with E-state index in [-0.39, 0.29) is 12.5 Å². The van der Waals surface area contributed by atoms with Crippen LogP contribution in [0.1, 0.15) is 33.6 Å². The van der Waals surface area contributed by atoms with E-state index >= 15 is 0 Å². The molecule has 1 aliphatic carbocycles. The molecule has 0 radical (unpaired) electrons. The summed E-state index contributed by atoms with van der Waals surface area (Å²) in [5.74, 6) is -0.261. The first-order chi connectivity index (χ1) is 7.29. The summed E-state index contributed by atoms with van der Waals surface area (Å²) in [7, 11) is 1.36. The zero-order chi connectivity index (χ0) is 12.4. The quantitative estimate of drug-likeness (QED) is 0.744. The topological polar surface area (TPSA) is 64.6 Å². The molecule has 0 spiro atoms. The maximum Gasteiger partial charge on any atom is 0.407 e. The van der Waals surface area contributed by atoms with E-state index in [1.165, 1.54) is 7.11 Å². The van der Waals surface area contributed by atoms with E-state index in [1.54, 1.807) is 20.8 Å². The van der Waals surface area contributed by atoms with E-state index in [4.69, 9.17) is 4.74 Å². The summed E-state index contributed by atoms with van der Waals surface area (Å²) in [5, 5.41) is 2.60. The van der Waals surface area contributed by atoms with Gasteiger partial charge in [-0.3, -0.25) is 4.79 Å². The van der Waals surface area contributed by atoms with E-state index in [0.717, 1.165) is 12.8 Å². The summed E-state index contributed by atoms with van der Waals surface area (Å²) in [6.07, 6.45) is 1.02. The van der Waals surface area contributed by atoms with Gasteiger partial charge in [-0.15, -0.1) is 0 Å². The molecule has 0 bridgehead atoms. The molecule has 1 saturated carbocycles. The van der Waals surface area contributed by atoms with Crippen LogP contribution in [0.25, 0.3) is 0 Å². The molecule has 5 heteroatoms. The molecule has 0 aliphatic heterocycles. The number of esters is 1. The third kappa shape index (κ3) is 3.40. The first-order valence-electron chi connectivity index (χ1n) is 5.34. The van der Waals surface area contributed by atoms with Crippen LogP contribution in [0.5, 0.6) is 0 Å². The first kappa shape index (κ1) is 12.8. The van der Waals surface area contributed by atoms with Gasteiger partial charge in [-0.1, -0.05) is 0 Å². The first-order valence-corrected chi connectivity index (χ1v) is 5.34. The highest BCUT2D eigenvalue weighted by atomic mass is 16.6. The Hall–Kier alpha value is -1.26. The summed E-state index contributed by atoms with van der Waals surface area (Å²) in [6, 6.07) is 0. The Balaban J connectivity index is 2.35. The van der Waals surface area contributed by atoms with Crippen molar-refractivity contribution in [3.63, 3.8) is 0 Å². The molecule has 5 nitrogen and oxygen atoms in total. The van der Waals surface area contributed by atoms with Crippen LogP contribution in [0.2, 0.25) is 0 Å². The number of ether oxygens (including phenoxy) is 2. The van der Waals surface area contributed by atoms with Gasteiger partial charge in [0.15, 0.2) is 0 Å². The van der Waals surface area contributed by atoms with E-state index in [9.17, 15) is 9.59 Å². The summed E-state index contributed by atoms with van der Waals surface area (Å²) in [4.78, 5) is 22.7. The fourth-order valence-corrected chi connectivity index (χ4v) is 1.38. The van der Waals surface area contributed by atoms with E-state index < -0.39 is 17.1 Å². The molecule has 0 aromatic rings. The summed E-state index contributed by atoms with van der Waals surface area (Å²) < 4.78 is 9.75. The van der Waals surface area contributed by atoms with Crippen molar-refractivity contribution in [2.45, 2.75) is 39.2 Å². The van der Waals surface area contributed by atoms with E-state index in [0.29, 0.717) is 0 Å². The third-order valence-corrected chi connectivity index (χ3v) is 2.44. The van der Waals surface area contributed by atoms with Crippen molar-refractivity contribution in [2.75, 3.05) is 13.7 Å². The smallest absolute Gasteiger partial charge is 0.407 e. The van der Waals surface area contributed by atoms with Gasteiger partial charge in [0.1, 0.15) is 5.60 Å². The van der Waals surface area contributed by atoms with Crippen LogP contribution < -0.4 is 5.32 Å². The molecule has 0 aromatic heterocycles. The number of amides is 1. The number of nitrogens with one attached hydrogen (secondary N) is 1. The molecule has 1 N–H and O–H groups in total. The number of carbonyl (C=O) groups is 2. The van der Waals surface area contributed by atoms with Crippen LogP contribution in [0, 0.1) is 5.41 Å². The predicted octanol–water partition coefficient (Wildman–Crippen LogP) is 1.46. The van der Waals surface area contributed by atoms with Crippen molar-refractivity contribution in [1.82, 2.24) is 5.32 Å². The molecule has 0 heterocycles. The van der Waals surface area contributed by atoms with Crippen LogP contribution in [-0.4, -0.2) is 31.3 Å². The second-order valence-corrected chi connectivity index (χ2v) is 5.13. The van der Waals surface area contributed by atoms with Gasteiger partial charge < -0.3 is 14.8 Å². The fourth-order valence-electron chi connectivity index (χ4n) is 1.38. The van der Waals surface area contributed by atoms with Gasteiger partial charge in [0, 0.05) is 6.54 Å². The van der Waals surface area contributed by atoms with Gasteiger partial charge in [0.25, 0.3) is 0 Å². The molecular weight excluding hydrogens is 210 g/mol. The molecule has 0 saturated heterocycles. The van der Waals surface area contributed by atoms with Crippen molar-refractivity contribution in [3.8, 4) is 0 Å². The lowest BCUT2D eigenvalue weighted by molar-refractivity contribution is -0.146. The number of hydrogen-bond acceptors (Lipinski definition) is 4. The lowest BCUT2D eigenvalue weighted by Crippen LogP contribution is -2.38. The summed E-state index contributed by atoms with van der Waals surface area (Å²) in [6.45, 7) is 5.66. The normalized spacial score (nSPS) is 17.5. The third-order valence-electron chi connectivity index (χ3n) is 2.44. The van der Waals surface area contributed by atoms with Crippen LogP contribution >= 0.6 is 0 Å². The minimum atomic E-state index is -0.522. The minimum absolute atomic E-state index is 0.261. The molecule has 1 aliphatic rings. The van der Waals surface area contributed by atoms with Crippen LogP contribution in [0.15, 0.2) is 0 Å². The van der Waals surface area contributed by atoms with Crippen molar-refractivity contribution in [3.05, 3.63) is 0 Å². The Morgan fingerprint density at radius 2 is 1.88 bits per heavy atom. The molecule has 92 valence electrons. The zero-order valence-electron chi connectivity index (χ0n) is 10.3. The van der Waals surface area contributed by atoms with E-state index in [2.05, 4.69) is 10.1 Å². The summed E-state index contributed by atoms with van der Waals surface area (Å²) in [5.41, 5.74) is -1.03. The average molecular weight is 229 g/mol. The lowest BCUT2D eigenvalue weighted by Gasteiger charge is -2.21.